The molecule has 10 heteroatoms. The van der Waals surface area contributed by atoms with Gasteiger partial charge in [-0.1, -0.05) is 0 Å². The average molecular weight is 346 g/mol. The number of aromatic nitrogens is 2. The van der Waals surface area contributed by atoms with Crippen LogP contribution in [-0.2, 0) is 9.53 Å². The number of carboxylic acids is 1. The number of rotatable bonds is 4. The zero-order valence-electron chi connectivity index (χ0n) is 12.9. The Labute approximate surface area is 141 Å². The van der Waals surface area contributed by atoms with Crippen molar-refractivity contribution in [1.82, 2.24) is 14.5 Å². The maximum Gasteiger partial charge on any atom is 0.334 e. The zero-order chi connectivity index (χ0) is 18.0. The van der Waals surface area contributed by atoms with E-state index in [2.05, 4.69) is 4.98 Å². The summed E-state index contributed by atoms with van der Waals surface area (Å²) >= 11 is 0. The third-order valence-corrected chi connectivity index (χ3v) is 3.83. The fourth-order valence-electron chi connectivity index (χ4n) is 2.59. The first-order valence-electron chi connectivity index (χ1n) is 7.38. The predicted molar refractivity (Wildman–Crippen MR) is 83.5 cm³/mol. The molecule has 25 heavy (non-hydrogen) atoms. The molecule has 1 aliphatic heterocycles. The van der Waals surface area contributed by atoms with Crippen molar-refractivity contribution in [2.75, 3.05) is 19.7 Å². The average Bonchev–Trinajstić information content (AvgIpc) is 3.15. The molecule has 2 aromatic rings. The smallest absolute Gasteiger partial charge is 0.334 e. The van der Waals surface area contributed by atoms with Crippen LogP contribution in [0.2, 0.25) is 0 Å². The second kappa shape index (κ2) is 6.69. The Hall–Kier alpha value is -3.27. The molecule has 1 aromatic carbocycles. The maximum absolute atomic E-state index is 12.6. The van der Waals surface area contributed by atoms with Gasteiger partial charge in [-0.3, -0.25) is 14.9 Å². The summed E-state index contributed by atoms with van der Waals surface area (Å²) in [5, 5.41) is 20.4. The Balaban J connectivity index is 1.90. The van der Waals surface area contributed by atoms with Crippen LogP contribution < -0.4 is 0 Å². The van der Waals surface area contributed by atoms with Gasteiger partial charge < -0.3 is 19.3 Å². The van der Waals surface area contributed by atoms with Gasteiger partial charge in [0.05, 0.1) is 24.4 Å². The molecular weight excluding hydrogens is 332 g/mol. The minimum Gasteiger partial charge on any atom is -0.479 e. The number of nitro benzene ring substituents is 1. The van der Waals surface area contributed by atoms with E-state index in [9.17, 15) is 19.7 Å². The summed E-state index contributed by atoms with van der Waals surface area (Å²) in [6.07, 6.45) is 3.37. The van der Waals surface area contributed by atoms with Crippen molar-refractivity contribution < 1.29 is 24.4 Å². The molecule has 1 fully saturated rings. The molecule has 0 bridgehead atoms. The molecule has 1 aromatic heterocycles. The van der Waals surface area contributed by atoms with E-state index in [1.165, 1.54) is 40.2 Å². The van der Waals surface area contributed by atoms with Crippen molar-refractivity contribution in [3.8, 4) is 5.69 Å². The highest BCUT2D eigenvalue weighted by atomic mass is 16.6. The number of benzene rings is 1. The zero-order valence-corrected chi connectivity index (χ0v) is 12.9. The number of amides is 1. The van der Waals surface area contributed by atoms with Crippen LogP contribution in [0.4, 0.5) is 5.69 Å². The Morgan fingerprint density at radius 1 is 1.40 bits per heavy atom. The van der Waals surface area contributed by atoms with Gasteiger partial charge in [0.15, 0.2) is 6.10 Å². The quantitative estimate of drug-likeness (QED) is 0.637. The van der Waals surface area contributed by atoms with Crippen molar-refractivity contribution in [2.24, 2.45) is 0 Å². The standard InChI is InChI=1S/C15H14N4O6/c20-14(17-5-6-25-13(8-17)15(21)22)10-1-2-11(12(7-10)19(23)24)18-4-3-16-9-18/h1-4,7,9,13H,5-6,8H2,(H,21,22). The summed E-state index contributed by atoms with van der Waals surface area (Å²) in [5.41, 5.74) is 0.151. The Morgan fingerprint density at radius 3 is 2.84 bits per heavy atom. The summed E-state index contributed by atoms with van der Waals surface area (Å²) in [4.78, 5) is 39.5. The van der Waals surface area contributed by atoms with Gasteiger partial charge in [-0.2, -0.15) is 0 Å². The van der Waals surface area contributed by atoms with Gasteiger partial charge >= 0.3 is 5.97 Å². The van der Waals surface area contributed by atoms with Crippen molar-refractivity contribution in [2.45, 2.75) is 6.10 Å². The van der Waals surface area contributed by atoms with E-state index in [1.807, 2.05) is 0 Å². The molecule has 10 nitrogen and oxygen atoms in total. The first-order chi connectivity index (χ1) is 12.0. The number of nitro groups is 1. The Kier molecular flexibility index (Phi) is 4.44. The molecule has 0 saturated carbocycles. The van der Waals surface area contributed by atoms with Gasteiger partial charge in [0.2, 0.25) is 0 Å². The first kappa shape index (κ1) is 16.6. The largest absolute Gasteiger partial charge is 0.479 e. The van der Waals surface area contributed by atoms with Crippen LogP contribution in [0.5, 0.6) is 0 Å². The minimum absolute atomic E-state index is 0.0952. The van der Waals surface area contributed by atoms with E-state index in [0.717, 1.165) is 0 Å². The van der Waals surface area contributed by atoms with E-state index in [0.29, 0.717) is 0 Å². The second-order valence-electron chi connectivity index (χ2n) is 5.38. The summed E-state index contributed by atoms with van der Waals surface area (Å²) in [6, 6.07) is 4.11. The predicted octanol–water partition coefficient (Wildman–Crippen LogP) is 0.706. The highest BCUT2D eigenvalue weighted by molar-refractivity contribution is 5.95. The molecule has 130 valence electrons. The summed E-state index contributed by atoms with van der Waals surface area (Å²) in [7, 11) is 0. The molecule has 1 saturated heterocycles. The molecule has 0 radical (unpaired) electrons. The molecule has 2 heterocycles. The van der Waals surface area contributed by atoms with Crippen LogP contribution >= 0.6 is 0 Å². The molecular formula is C15H14N4O6. The third-order valence-electron chi connectivity index (χ3n) is 3.83. The molecule has 1 unspecified atom stereocenters. The summed E-state index contributed by atoms with van der Waals surface area (Å²) in [6.45, 7) is 0.211. The molecule has 3 rings (SSSR count). The number of aliphatic carboxylic acids is 1. The molecule has 1 atom stereocenters. The van der Waals surface area contributed by atoms with Crippen LogP contribution in [0.15, 0.2) is 36.9 Å². The first-order valence-corrected chi connectivity index (χ1v) is 7.38. The van der Waals surface area contributed by atoms with E-state index in [1.54, 1.807) is 6.20 Å². The van der Waals surface area contributed by atoms with Gasteiger partial charge in [0.25, 0.3) is 11.6 Å². The minimum atomic E-state index is -1.15. The maximum atomic E-state index is 12.6. The van der Waals surface area contributed by atoms with Crippen LogP contribution in [0.1, 0.15) is 10.4 Å². The highest BCUT2D eigenvalue weighted by Crippen LogP contribution is 2.25. The lowest BCUT2D eigenvalue weighted by Crippen LogP contribution is -2.48. The number of nitrogens with zero attached hydrogens (tertiary/aromatic N) is 4. The summed E-state index contributed by atoms with van der Waals surface area (Å²) < 4.78 is 6.55. The van der Waals surface area contributed by atoms with E-state index < -0.39 is 22.9 Å². The van der Waals surface area contributed by atoms with Gasteiger partial charge in [0, 0.05) is 30.6 Å². The molecule has 0 spiro atoms. The normalized spacial score (nSPS) is 17.3. The van der Waals surface area contributed by atoms with Crippen molar-refractivity contribution >= 4 is 17.6 Å². The van der Waals surface area contributed by atoms with Crippen LogP contribution in [0, 0.1) is 10.1 Å². The monoisotopic (exact) mass is 346 g/mol. The molecule has 1 aliphatic rings. The number of morpholine rings is 1. The van der Waals surface area contributed by atoms with Crippen molar-refractivity contribution in [3.63, 3.8) is 0 Å². The van der Waals surface area contributed by atoms with Gasteiger partial charge in [-0.15, -0.1) is 0 Å². The van der Waals surface area contributed by atoms with E-state index >= 15 is 0 Å². The van der Waals surface area contributed by atoms with Gasteiger partial charge in [-0.25, -0.2) is 9.78 Å². The molecule has 0 aliphatic carbocycles. The number of hydrogen-bond donors (Lipinski definition) is 1. The summed E-state index contributed by atoms with van der Waals surface area (Å²) in [5.74, 6) is -1.63. The SMILES string of the molecule is O=C(O)C1CN(C(=O)c2ccc(-n3ccnc3)c([N+](=O)[O-])c2)CCO1. The number of carbonyl (C=O) groups excluding carboxylic acids is 1. The van der Waals surface area contributed by atoms with Crippen molar-refractivity contribution in [3.05, 3.63) is 52.6 Å². The highest BCUT2D eigenvalue weighted by Gasteiger charge is 2.30. The lowest BCUT2D eigenvalue weighted by Gasteiger charge is -2.30. The fourth-order valence-corrected chi connectivity index (χ4v) is 2.59. The van der Waals surface area contributed by atoms with Crippen LogP contribution in [0.25, 0.3) is 5.69 Å². The number of carboxylic acid groups (broad SMARTS) is 1. The van der Waals surface area contributed by atoms with Crippen LogP contribution in [-0.4, -0.2) is 62.2 Å². The number of imidazole rings is 1. The fraction of sp³-hybridized carbons (Fsp3) is 0.267. The second-order valence-corrected chi connectivity index (χ2v) is 5.38. The van der Waals surface area contributed by atoms with Crippen LogP contribution in [0.3, 0.4) is 0 Å². The Morgan fingerprint density at radius 2 is 2.20 bits per heavy atom. The molecule has 1 N–H and O–H groups in total. The topological polar surface area (TPSA) is 128 Å². The van der Waals surface area contributed by atoms with Gasteiger partial charge in [0.1, 0.15) is 5.69 Å². The number of hydrogen-bond acceptors (Lipinski definition) is 6. The van der Waals surface area contributed by atoms with E-state index in [-0.39, 0.29) is 36.6 Å². The molecule has 1 amide bonds. The number of ether oxygens (including phenoxy) is 1. The van der Waals surface area contributed by atoms with Crippen molar-refractivity contribution in [1.29, 1.82) is 0 Å². The van der Waals surface area contributed by atoms with E-state index in [4.69, 9.17) is 9.84 Å². The lowest BCUT2D eigenvalue weighted by atomic mass is 10.1. The Bertz CT molecular complexity index is 819. The lowest BCUT2D eigenvalue weighted by molar-refractivity contribution is -0.384. The third kappa shape index (κ3) is 3.33. The number of carbonyl (C=O) groups is 2. The van der Waals surface area contributed by atoms with Gasteiger partial charge in [-0.05, 0) is 12.1 Å².